The lowest BCUT2D eigenvalue weighted by Crippen LogP contribution is -2.52. The van der Waals surface area contributed by atoms with Crippen molar-refractivity contribution in [1.82, 2.24) is 10.0 Å². The molecule has 2 aliphatic rings. The Morgan fingerprint density at radius 1 is 0.957 bits per heavy atom. The molecular formula is C20H24N2O. The maximum absolute atomic E-state index is 5.71. The summed E-state index contributed by atoms with van der Waals surface area (Å²) in [5.74, 6) is 1.10. The average molecular weight is 308 g/mol. The fourth-order valence-corrected chi connectivity index (χ4v) is 3.95. The molecular weight excluding hydrogens is 284 g/mol. The normalized spacial score (nSPS) is 22.3. The largest absolute Gasteiger partial charge is 0.497 e. The van der Waals surface area contributed by atoms with Crippen molar-refractivity contribution >= 4 is 10.8 Å². The van der Waals surface area contributed by atoms with Crippen LogP contribution in [0.2, 0.25) is 0 Å². The van der Waals surface area contributed by atoms with E-state index in [1.165, 1.54) is 41.3 Å². The third-order valence-electron chi connectivity index (χ3n) is 5.14. The summed E-state index contributed by atoms with van der Waals surface area (Å²) >= 11 is 0. The number of hydrogen-bond donors (Lipinski definition) is 0. The minimum absolute atomic E-state index is 0.225. The summed E-state index contributed by atoms with van der Waals surface area (Å²) < 4.78 is 5.71. The van der Waals surface area contributed by atoms with Gasteiger partial charge in [-0.2, -0.15) is 0 Å². The number of allylic oxidation sites excluding steroid dienone is 1. The van der Waals surface area contributed by atoms with Crippen LogP contribution in [0.4, 0.5) is 0 Å². The first-order valence-corrected chi connectivity index (χ1v) is 8.57. The zero-order chi connectivity index (χ0) is 15.8. The number of fused-ring (bicyclic) bond motifs is 1. The van der Waals surface area contributed by atoms with Gasteiger partial charge in [-0.3, -0.25) is 5.01 Å². The van der Waals surface area contributed by atoms with E-state index in [0.717, 1.165) is 18.8 Å². The molecule has 0 spiro atoms. The molecule has 2 aromatic carbocycles. The zero-order valence-corrected chi connectivity index (χ0v) is 14.0. The second-order valence-electron chi connectivity index (χ2n) is 6.52. The lowest BCUT2D eigenvalue weighted by atomic mass is 9.94. The third kappa shape index (κ3) is 2.40. The molecule has 2 heterocycles. The van der Waals surface area contributed by atoms with Crippen LogP contribution in [0.3, 0.4) is 0 Å². The van der Waals surface area contributed by atoms with E-state index in [1.54, 1.807) is 7.11 Å². The van der Waals surface area contributed by atoms with Crippen molar-refractivity contribution in [1.29, 1.82) is 0 Å². The van der Waals surface area contributed by atoms with Crippen LogP contribution < -0.4 is 0 Å². The van der Waals surface area contributed by atoms with Gasteiger partial charge in [-0.1, -0.05) is 42.8 Å². The molecule has 1 unspecified atom stereocenters. The van der Waals surface area contributed by atoms with Crippen LogP contribution in [0.1, 0.15) is 37.8 Å². The van der Waals surface area contributed by atoms with E-state index < -0.39 is 0 Å². The topological polar surface area (TPSA) is 15.7 Å². The molecule has 0 N–H and O–H groups in total. The molecule has 0 saturated carbocycles. The van der Waals surface area contributed by atoms with Gasteiger partial charge in [-0.15, -0.1) is 0 Å². The van der Waals surface area contributed by atoms with Gasteiger partial charge in [0.1, 0.15) is 11.8 Å². The van der Waals surface area contributed by atoms with Crippen LogP contribution in [0.5, 0.6) is 0 Å². The summed E-state index contributed by atoms with van der Waals surface area (Å²) in [5, 5.41) is 7.53. The number of hydrogen-bond acceptors (Lipinski definition) is 3. The Bertz CT molecular complexity index is 746. The monoisotopic (exact) mass is 308 g/mol. The van der Waals surface area contributed by atoms with E-state index in [9.17, 15) is 0 Å². The molecule has 0 aromatic heterocycles. The first-order chi connectivity index (χ1) is 11.3. The fraction of sp³-hybridized carbons (Fsp3) is 0.400. The molecule has 1 atom stereocenters. The highest BCUT2D eigenvalue weighted by atomic mass is 16.5. The minimum Gasteiger partial charge on any atom is -0.497 e. The highest BCUT2D eigenvalue weighted by Crippen LogP contribution is 2.45. The molecule has 1 saturated heterocycles. The van der Waals surface area contributed by atoms with Crippen molar-refractivity contribution in [2.24, 2.45) is 0 Å². The predicted octanol–water partition coefficient (Wildman–Crippen LogP) is 4.48. The molecule has 0 bridgehead atoms. The Labute approximate surface area is 138 Å². The van der Waals surface area contributed by atoms with Crippen molar-refractivity contribution in [2.75, 3.05) is 20.2 Å². The molecule has 0 aliphatic carbocycles. The van der Waals surface area contributed by atoms with Gasteiger partial charge in [-0.05, 0) is 42.2 Å². The van der Waals surface area contributed by atoms with E-state index in [1.807, 2.05) is 0 Å². The smallest absolute Gasteiger partial charge is 0.144 e. The second-order valence-corrected chi connectivity index (χ2v) is 6.52. The zero-order valence-electron chi connectivity index (χ0n) is 14.0. The second kappa shape index (κ2) is 5.89. The predicted molar refractivity (Wildman–Crippen MR) is 93.7 cm³/mol. The van der Waals surface area contributed by atoms with Crippen molar-refractivity contribution < 1.29 is 4.74 Å². The quantitative estimate of drug-likeness (QED) is 0.831. The van der Waals surface area contributed by atoms with Gasteiger partial charge in [0, 0.05) is 13.1 Å². The first-order valence-electron chi connectivity index (χ1n) is 8.57. The molecule has 0 amide bonds. The van der Waals surface area contributed by atoms with Gasteiger partial charge < -0.3 is 4.74 Å². The summed E-state index contributed by atoms with van der Waals surface area (Å²) in [4.78, 5) is 0. The summed E-state index contributed by atoms with van der Waals surface area (Å²) in [6, 6.07) is 15.6. The van der Waals surface area contributed by atoms with E-state index in [-0.39, 0.29) is 6.04 Å². The number of methoxy groups -OCH3 is 1. The van der Waals surface area contributed by atoms with Crippen molar-refractivity contribution in [2.45, 2.75) is 32.2 Å². The van der Waals surface area contributed by atoms with Crippen LogP contribution >= 0.6 is 0 Å². The van der Waals surface area contributed by atoms with E-state index >= 15 is 0 Å². The summed E-state index contributed by atoms with van der Waals surface area (Å²) in [6.07, 6.45) is 3.93. The molecule has 4 rings (SSSR count). The summed E-state index contributed by atoms with van der Waals surface area (Å²) in [7, 11) is 1.79. The molecule has 3 heteroatoms. The van der Waals surface area contributed by atoms with Crippen LogP contribution in [-0.2, 0) is 4.74 Å². The Kier molecular flexibility index (Phi) is 3.74. The maximum Gasteiger partial charge on any atom is 0.144 e. The van der Waals surface area contributed by atoms with Gasteiger partial charge in [0.05, 0.1) is 12.8 Å². The van der Waals surface area contributed by atoms with Crippen LogP contribution in [0.15, 0.2) is 53.9 Å². The van der Waals surface area contributed by atoms with Crippen LogP contribution in [0.25, 0.3) is 10.8 Å². The number of piperidine rings is 1. The molecule has 23 heavy (non-hydrogen) atoms. The summed E-state index contributed by atoms with van der Waals surface area (Å²) in [6.45, 7) is 4.47. The lowest BCUT2D eigenvalue weighted by Gasteiger charge is -2.51. The molecule has 1 fully saturated rings. The third-order valence-corrected chi connectivity index (χ3v) is 5.14. The number of rotatable bonds is 3. The highest BCUT2D eigenvalue weighted by Gasteiger charge is 2.41. The van der Waals surface area contributed by atoms with Crippen LogP contribution in [-0.4, -0.2) is 30.2 Å². The number of ether oxygens (including phenoxy) is 1. The highest BCUT2D eigenvalue weighted by molar-refractivity contribution is 5.83. The standard InChI is InChI=1S/C20H24N2O/c1-15-20(23-2)19(22(15)21-12-6-3-7-13-21)18-11-10-16-8-4-5-9-17(16)14-18/h4-5,8-11,14,19H,3,6-7,12-13H2,1-2H3. The maximum atomic E-state index is 5.71. The van der Waals surface area contributed by atoms with Gasteiger partial charge in [0.2, 0.25) is 0 Å². The Balaban J connectivity index is 1.71. The molecule has 2 aromatic rings. The number of benzene rings is 2. The van der Waals surface area contributed by atoms with Crippen molar-refractivity contribution in [3.05, 3.63) is 59.5 Å². The minimum atomic E-state index is 0.225. The van der Waals surface area contributed by atoms with Gasteiger partial charge in [-0.25, -0.2) is 5.01 Å². The Morgan fingerprint density at radius 2 is 1.70 bits per heavy atom. The lowest BCUT2D eigenvalue weighted by molar-refractivity contribution is -0.0829. The van der Waals surface area contributed by atoms with Gasteiger partial charge in [0.25, 0.3) is 0 Å². The Hall–Kier alpha value is -2.00. The van der Waals surface area contributed by atoms with Gasteiger partial charge >= 0.3 is 0 Å². The van der Waals surface area contributed by atoms with E-state index in [4.69, 9.17) is 4.74 Å². The Morgan fingerprint density at radius 3 is 2.43 bits per heavy atom. The number of nitrogens with zero attached hydrogens (tertiary/aromatic N) is 2. The van der Waals surface area contributed by atoms with Crippen molar-refractivity contribution in [3.63, 3.8) is 0 Å². The van der Waals surface area contributed by atoms with E-state index in [0.29, 0.717) is 0 Å². The fourth-order valence-electron chi connectivity index (χ4n) is 3.95. The SMILES string of the molecule is COC1=C(C)N(N2CCCCC2)C1c1ccc2ccccc2c1. The molecule has 120 valence electrons. The molecule has 0 radical (unpaired) electrons. The van der Waals surface area contributed by atoms with E-state index in [2.05, 4.69) is 59.4 Å². The van der Waals surface area contributed by atoms with Gasteiger partial charge in [0.15, 0.2) is 0 Å². The first kappa shape index (κ1) is 14.6. The molecule has 3 nitrogen and oxygen atoms in total. The molecule has 2 aliphatic heterocycles. The van der Waals surface area contributed by atoms with Crippen molar-refractivity contribution in [3.8, 4) is 0 Å². The number of hydrazine groups is 1. The summed E-state index contributed by atoms with van der Waals surface area (Å²) in [5.41, 5.74) is 2.57. The average Bonchev–Trinajstić information content (AvgIpc) is 2.60. The van der Waals surface area contributed by atoms with Crippen LogP contribution in [0, 0.1) is 0 Å².